The number of rotatable bonds is 10. The molecule has 1 unspecified atom stereocenters. The number of carbonyl (C=O) groups excluding carboxylic acids is 2. The molecule has 0 radical (unpaired) electrons. The molecular weight excluding hydrogens is 510 g/mol. The summed E-state index contributed by atoms with van der Waals surface area (Å²) >= 11 is 6.13. The highest BCUT2D eigenvalue weighted by atomic mass is 35.5. The molecule has 0 fully saturated rings. The highest BCUT2D eigenvalue weighted by Gasteiger charge is 2.32. The van der Waals surface area contributed by atoms with E-state index in [4.69, 9.17) is 11.6 Å². The molecule has 1 atom stereocenters. The minimum atomic E-state index is -4.08. The zero-order chi connectivity index (χ0) is 27.2. The van der Waals surface area contributed by atoms with Gasteiger partial charge in [0.1, 0.15) is 12.6 Å². The number of anilines is 1. The number of carbonyl (C=O) groups is 2. The van der Waals surface area contributed by atoms with Crippen LogP contribution in [0.4, 0.5) is 5.69 Å². The standard InChI is InChI=1S/C28H32ClN3O4S/c1-20(2)23-13-15-25(16-14-23)32(37(35,36)26-11-6-5-7-12-26)19-27(33)31(21(3)28(34)30-4)18-22-9-8-10-24(29)17-22/h5-17,20-21H,18-19H2,1-4H3,(H,30,34). The maximum Gasteiger partial charge on any atom is 0.264 e. The molecule has 0 aliphatic heterocycles. The third-order valence-corrected chi connectivity index (χ3v) is 8.14. The van der Waals surface area contributed by atoms with E-state index in [9.17, 15) is 18.0 Å². The van der Waals surface area contributed by atoms with Crippen LogP contribution >= 0.6 is 11.6 Å². The van der Waals surface area contributed by atoms with E-state index < -0.39 is 28.5 Å². The maximum absolute atomic E-state index is 13.7. The summed E-state index contributed by atoms with van der Waals surface area (Å²) in [6.45, 7) is 5.30. The first-order chi connectivity index (χ1) is 17.5. The molecule has 0 saturated heterocycles. The number of amides is 2. The van der Waals surface area contributed by atoms with Crippen LogP contribution in [0.1, 0.15) is 37.8 Å². The number of halogens is 1. The van der Waals surface area contributed by atoms with Crippen LogP contribution in [0.25, 0.3) is 0 Å². The van der Waals surface area contributed by atoms with E-state index in [1.807, 2.05) is 26.0 Å². The van der Waals surface area contributed by atoms with Gasteiger partial charge >= 0.3 is 0 Å². The van der Waals surface area contributed by atoms with E-state index in [-0.39, 0.29) is 23.3 Å². The van der Waals surface area contributed by atoms with Gasteiger partial charge in [-0.05, 0) is 60.4 Å². The summed E-state index contributed by atoms with van der Waals surface area (Å²) < 4.78 is 28.6. The van der Waals surface area contributed by atoms with Crippen molar-refractivity contribution in [3.05, 3.63) is 95.0 Å². The first kappa shape index (κ1) is 28.2. The average molecular weight is 542 g/mol. The van der Waals surface area contributed by atoms with Crippen molar-refractivity contribution in [1.29, 1.82) is 0 Å². The average Bonchev–Trinajstić information content (AvgIpc) is 2.89. The van der Waals surface area contributed by atoms with Gasteiger partial charge in [-0.15, -0.1) is 0 Å². The van der Waals surface area contributed by atoms with Crippen LogP contribution in [0, 0.1) is 0 Å². The van der Waals surface area contributed by atoms with Crippen LogP contribution in [-0.4, -0.2) is 44.8 Å². The van der Waals surface area contributed by atoms with Gasteiger partial charge in [0.15, 0.2) is 0 Å². The van der Waals surface area contributed by atoms with E-state index in [1.165, 1.54) is 24.1 Å². The lowest BCUT2D eigenvalue weighted by atomic mass is 10.0. The lowest BCUT2D eigenvalue weighted by Crippen LogP contribution is -2.50. The fourth-order valence-corrected chi connectivity index (χ4v) is 5.55. The molecule has 3 rings (SSSR count). The van der Waals surface area contributed by atoms with Crippen LogP contribution in [0.2, 0.25) is 5.02 Å². The second kappa shape index (κ2) is 12.3. The third-order valence-electron chi connectivity index (χ3n) is 6.11. The van der Waals surface area contributed by atoms with Crippen molar-refractivity contribution < 1.29 is 18.0 Å². The number of likely N-dealkylation sites (N-methyl/N-ethyl adjacent to an activating group) is 1. The number of hydrogen-bond acceptors (Lipinski definition) is 4. The fourth-order valence-electron chi connectivity index (χ4n) is 3.90. The van der Waals surface area contributed by atoms with Crippen molar-refractivity contribution in [1.82, 2.24) is 10.2 Å². The fraction of sp³-hybridized carbons (Fsp3) is 0.286. The summed E-state index contributed by atoms with van der Waals surface area (Å²) in [4.78, 5) is 27.7. The van der Waals surface area contributed by atoms with E-state index in [1.54, 1.807) is 61.5 Å². The molecule has 7 nitrogen and oxygen atoms in total. The van der Waals surface area contributed by atoms with Crippen LogP contribution < -0.4 is 9.62 Å². The van der Waals surface area contributed by atoms with Crippen molar-refractivity contribution in [2.24, 2.45) is 0 Å². The van der Waals surface area contributed by atoms with Gasteiger partial charge in [-0.3, -0.25) is 13.9 Å². The molecular formula is C28H32ClN3O4S. The molecule has 1 N–H and O–H groups in total. The Morgan fingerprint density at radius 1 is 0.919 bits per heavy atom. The van der Waals surface area contributed by atoms with Crippen molar-refractivity contribution in [3.63, 3.8) is 0 Å². The Kier molecular flexibility index (Phi) is 9.34. The maximum atomic E-state index is 13.7. The molecule has 0 bridgehead atoms. The van der Waals surface area contributed by atoms with Crippen LogP contribution in [-0.2, 0) is 26.2 Å². The monoisotopic (exact) mass is 541 g/mol. The molecule has 3 aromatic carbocycles. The van der Waals surface area contributed by atoms with Crippen molar-refractivity contribution in [2.45, 2.75) is 44.2 Å². The molecule has 9 heteroatoms. The molecule has 37 heavy (non-hydrogen) atoms. The Hall–Kier alpha value is -3.36. The zero-order valence-corrected chi connectivity index (χ0v) is 23.0. The number of nitrogens with zero attached hydrogens (tertiary/aromatic N) is 2. The Labute approximate surface area is 224 Å². The van der Waals surface area contributed by atoms with Gasteiger partial charge in [-0.1, -0.05) is 67.9 Å². The van der Waals surface area contributed by atoms with Gasteiger partial charge in [0.25, 0.3) is 10.0 Å². The SMILES string of the molecule is CNC(=O)C(C)N(Cc1cccc(Cl)c1)C(=O)CN(c1ccc(C(C)C)cc1)S(=O)(=O)c1ccccc1. The Bertz CT molecular complexity index is 1330. The van der Waals surface area contributed by atoms with Crippen molar-refractivity contribution >= 4 is 39.1 Å². The van der Waals surface area contributed by atoms with E-state index in [0.29, 0.717) is 10.7 Å². The Balaban J connectivity index is 2.03. The van der Waals surface area contributed by atoms with Crippen LogP contribution in [0.15, 0.2) is 83.8 Å². The lowest BCUT2D eigenvalue weighted by Gasteiger charge is -2.32. The molecule has 0 aromatic heterocycles. The highest BCUT2D eigenvalue weighted by molar-refractivity contribution is 7.92. The molecule has 3 aromatic rings. The quantitative estimate of drug-likeness (QED) is 0.398. The normalized spacial score (nSPS) is 12.2. The van der Waals surface area contributed by atoms with E-state index in [0.717, 1.165) is 15.4 Å². The number of sulfonamides is 1. The molecule has 0 spiro atoms. The predicted octanol–water partition coefficient (Wildman–Crippen LogP) is 4.82. The van der Waals surface area contributed by atoms with Gasteiger partial charge in [-0.25, -0.2) is 8.42 Å². The number of nitrogens with one attached hydrogen (secondary N) is 1. The summed E-state index contributed by atoms with van der Waals surface area (Å²) in [6.07, 6.45) is 0. The molecule has 0 heterocycles. The molecule has 0 aliphatic carbocycles. The second-order valence-electron chi connectivity index (χ2n) is 9.01. The molecule has 196 valence electrons. The predicted molar refractivity (Wildman–Crippen MR) is 147 cm³/mol. The summed E-state index contributed by atoms with van der Waals surface area (Å²) in [6, 6.07) is 21.2. The molecule has 0 saturated carbocycles. The Morgan fingerprint density at radius 2 is 1.57 bits per heavy atom. The minimum Gasteiger partial charge on any atom is -0.357 e. The summed E-state index contributed by atoms with van der Waals surface area (Å²) in [5.41, 5.74) is 2.12. The smallest absolute Gasteiger partial charge is 0.264 e. The van der Waals surface area contributed by atoms with Gasteiger partial charge < -0.3 is 10.2 Å². The first-order valence-electron chi connectivity index (χ1n) is 12.0. The van der Waals surface area contributed by atoms with Crippen molar-refractivity contribution in [3.8, 4) is 0 Å². The first-order valence-corrected chi connectivity index (χ1v) is 13.8. The summed E-state index contributed by atoms with van der Waals surface area (Å²) in [5.74, 6) is -0.630. The van der Waals surface area contributed by atoms with Crippen molar-refractivity contribution in [2.75, 3.05) is 17.9 Å². The minimum absolute atomic E-state index is 0.0662. The lowest BCUT2D eigenvalue weighted by molar-refractivity contribution is -0.139. The van der Waals surface area contributed by atoms with Gasteiger partial charge in [0.05, 0.1) is 10.6 Å². The topological polar surface area (TPSA) is 86.8 Å². The third kappa shape index (κ3) is 6.90. The number of hydrogen-bond donors (Lipinski definition) is 1. The number of benzene rings is 3. The van der Waals surface area contributed by atoms with Gasteiger partial charge in [-0.2, -0.15) is 0 Å². The van der Waals surface area contributed by atoms with Crippen LogP contribution in [0.5, 0.6) is 0 Å². The van der Waals surface area contributed by atoms with Gasteiger partial charge in [0.2, 0.25) is 11.8 Å². The summed E-state index contributed by atoms with van der Waals surface area (Å²) in [7, 11) is -2.59. The highest BCUT2D eigenvalue weighted by Crippen LogP contribution is 2.26. The zero-order valence-electron chi connectivity index (χ0n) is 21.4. The summed E-state index contributed by atoms with van der Waals surface area (Å²) in [5, 5.41) is 3.06. The van der Waals surface area contributed by atoms with Crippen LogP contribution in [0.3, 0.4) is 0 Å². The largest absolute Gasteiger partial charge is 0.357 e. The van der Waals surface area contributed by atoms with E-state index in [2.05, 4.69) is 5.32 Å². The van der Waals surface area contributed by atoms with Gasteiger partial charge in [0, 0.05) is 18.6 Å². The molecule has 2 amide bonds. The van der Waals surface area contributed by atoms with E-state index >= 15 is 0 Å². The Morgan fingerprint density at radius 3 is 2.14 bits per heavy atom. The molecule has 0 aliphatic rings. The second-order valence-corrected chi connectivity index (χ2v) is 11.3.